The number of benzene rings is 2. The number of carbonyl (C=O) groups excluding carboxylic acids is 3. The highest BCUT2D eigenvalue weighted by atomic mass is 19.4. The molecule has 0 heterocycles. The second-order valence-electron chi connectivity index (χ2n) is 5.72. The van der Waals surface area contributed by atoms with Crippen molar-refractivity contribution in [1.82, 2.24) is 0 Å². The van der Waals surface area contributed by atoms with Crippen molar-refractivity contribution in [3.8, 4) is 5.75 Å². The summed E-state index contributed by atoms with van der Waals surface area (Å²) >= 11 is 0. The van der Waals surface area contributed by atoms with Gasteiger partial charge in [-0.2, -0.15) is 13.2 Å². The number of anilines is 1. The van der Waals surface area contributed by atoms with E-state index >= 15 is 0 Å². The number of esters is 2. The van der Waals surface area contributed by atoms with E-state index in [0.717, 1.165) is 26.2 Å². The molecule has 148 valence electrons. The highest BCUT2D eigenvalue weighted by molar-refractivity contribution is 5.97. The molecule has 9 heteroatoms. The molecule has 6 nitrogen and oxygen atoms in total. The Morgan fingerprint density at radius 1 is 1.07 bits per heavy atom. The minimum Gasteiger partial charge on any atom is -0.465 e. The predicted octanol–water partition coefficient (Wildman–Crippen LogP) is 3.60. The quantitative estimate of drug-likeness (QED) is 0.618. The molecule has 0 radical (unpaired) electrons. The van der Waals surface area contributed by atoms with Crippen LogP contribution in [0.25, 0.3) is 0 Å². The van der Waals surface area contributed by atoms with E-state index in [9.17, 15) is 27.6 Å². The van der Waals surface area contributed by atoms with Gasteiger partial charge >= 0.3 is 18.1 Å². The number of carbonyl (C=O) groups is 3. The van der Waals surface area contributed by atoms with Crippen molar-refractivity contribution in [2.45, 2.75) is 19.5 Å². The molecule has 0 spiro atoms. The largest absolute Gasteiger partial charge is 0.465 e. The lowest BCUT2D eigenvalue weighted by Gasteiger charge is -2.11. The average Bonchev–Trinajstić information content (AvgIpc) is 2.61. The topological polar surface area (TPSA) is 81.7 Å². The number of amides is 1. The van der Waals surface area contributed by atoms with Crippen LogP contribution in [0.5, 0.6) is 5.75 Å². The Hall–Kier alpha value is -3.36. The lowest BCUT2D eigenvalue weighted by molar-refractivity contribution is -0.137. The van der Waals surface area contributed by atoms with Gasteiger partial charge in [-0.3, -0.25) is 9.59 Å². The van der Waals surface area contributed by atoms with Gasteiger partial charge in [0, 0.05) is 12.6 Å². The molecule has 1 N–H and O–H groups in total. The van der Waals surface area contributed by atoms with E-state index < -0.39 is 29.6 Å². The maximum Gasteiger partial charge on any atom is 0.416 e. The molecule has 2 rings (SSSR count). The van der Waals surface area contributed by atoms with Crippen molar-refractivity contribution >= 4 is 23.5 Å². The van der Waals surface area contributed by atoms with Crippen LogP contribution in [0.1, 0.15) is 28.4 Å². The third-order valence-corrected chi connectivity index (χ3v) is 3.54. The maximum atomic E-state index is 12.8. The minimum absolute atomic E-state index is 0.0461. The first-order chi connectivity index (χ1) is 13.1. The molecule has 0 fully saturated rings. The summed E-state index contributed by atoms with van der Waals surface area (Å²) in [5.41, 5.74) is -0.573. The second kappa shape index (κ2) is 8.55. The third-order valence-electron chi connectivity index (χ3n) is 3.54. The SMILES string of the molecule is COC(=O)c1cc(NC(=O)Cc2cccc(C(F)(F)F)c2)ccc1OC(C)=O. The third kappa shape index (κ3) is 5.57. The summed E-state index contributed by atoms with van der Waals surface area (Å²) in [5.74, 6) is -2.07. The van der Waals surface area contributed by atoms with E-state index in [-0.39, 0.29) is 29.0 Å². The number of rotatable bonds is 5. The van der Waals surface area contributed by atoms with Gasteiger partial charge in [0.2, 0.25) is 5.91 Å². The van der Waals surface area contributed by atoms with Crippen LogP contribution in [0.3, 0.4) is 0 Å². The number of alkyl halides is 3. The second-order valence-corrected chi connectivity index (χ2v) is 5.72. The molecular formula is C19H16F3NO5. The summed E-state index contributed by atoms with van der Waals surface area (Å²) < 4.78 is 47.8. The molecule has 0 aliphatic rings. The lowest BCUT2D eigenvalue weighted by Crippen LogP contribution is -2.16. The minimum atomic E-state index is -4.51. The zero-order valence-corrected chi connectivity index (χ0v) is 14.9. The fraction of sp³-hybridized carbons (Fsp3) is 0.211. The lowest BCUT2D eigenvalue weighted by atomic mass is 10.1. The average molecular weight is 395 g/mol. The Morgan fingerprint density at radius 3 is 2.39 bits per heavy atom. The van der Waals surface area contributed by atoms with Crippen LogP contribution in [0.15, 0.2) is 42.5 Å². The van der Waals surface area contributed by atoms with Crippen LogP contribution < -0.4 is 10.1 Å². The molecule has 0 aliphatic heterocycles. The first-order valence-corrected chi connectivity index (χ1v) is 7.97. The van der Waals surface area contributed by atoms with Crippen molar-refractivity contribution in [3.63, 3.8) is 0 Å². The molecule has 1 amide bonds. The van der Waals surface area contributed by atoms with Crippen molar-refractivity contribution in [2.75, 3.05) is 12.4 Å². The van der Waals surface area contributed by atoms with Crippen LogP contribution in [-0.4, -0.2) is 25.0 Å². The van der Waals surface area contributed by atoms with Gasteiger partial charge in [0.05, 0.1) is 19.1 Å². The van der Waals surface area contributed by atoms with Crippen LogP contribution in [-0.2, 0) is 26.9 Å². The molecule has 0 aliphatic carbocycles. The number of hydrogen-bond acceptors (Lipinski definition) is 5. The summed E-state index contributed by atoms with van der Waals surface area (Å²) in [6, 6.07) is 8.35. The van der Waals surface area contributed by atoms with E-state index in [1.54, 1.807) is 0 Å². The zero-order valence-electron chi connectivity index (χ0n) is 14.9. The molecular weight excluding hydrogens is 379 g/mol. The molecule has 2 aromatic carbocycles. The molecule has 0 saturated heterocycles. The van der Waals surface area contributed by atoms with Crippen LogP contribution >= 0.6 is 0 Å². The molecule has 0 aromatic heterocycles. The molecule has 2 aromatic rings. The van der Waals surface area contributed by atoms with Gasteiger partial charge < -0.3 is 14.8 Å². The fourth-order valence-corrected chi connectivity index (χ4v) is 2.37. The number of hydrogen-bond donors (Lipinski definition) is 1. The van der Waals surface area contributed by atoms with Gasteiger partial charge in [-0.05, 0) is 29.8 Å². The first kappa shape index (κ1) is 20.9. The Balaban J connectivity index is 2.18. The Kier molecular flexibility index (Phi) is 6.40. The Labute approximate surface area is 158 Å². The summed E-state index contributed by atoms with van der Waals surface area (Å²) in [6.45, 7) is 1.16. The summed E-state index contributed by atoms with van der Waals surface area (Å²) in [4.78, 5) is 35.1. The number of halogens is 3. The number of ether oxygens (including phenoxy) is 2. The van der Waals surface area contributed by atoms with Gasteiger partial charge in [0.1, 0.15) is 11.3 Å². The van der Waals surface area contributed by atoms with Crippen LogP contribution in [0.4, 0.5) is 18.9 Å². The molecule has 0 bridgehead atoms. The van der Waals surface area contributed by atoms with Gasteiger partial charge in [0.15, 0.2) is 0 Å². The van der Waals surface area contributed by atoms with Crippen molar-refractivity contribution < 1.29 is 37.0 Å². The van der Waals surface area contributed by atoms with E-state index in [2.05, 4.69) is 10.1 Å². The monoisotopic (exact) mass is 395 g/mol. The maximum absolute atomic E-state index is 12.8. The summed E-state index contributed by atoms with van der Waals surface area (Å²) in [5, 5.41) is 2.48. The van der Waals surface area contributed by atoms with E-state index in [1.807, 2.05) is 0 Å². The molecule has 0 atom stereocenters. The first-order valence-electron chi connectivity index (χ1n) is 7.97. The van der Waals surface area contributed by atoms with Crippen molar-refractivity contribution in [3.05, 3.63) is 59.2 Å². The number of methoxy groups -OCH3 is 1. The van der Waals surface area contributed by atoms with E-state index in [1.165, 1.54) is 30.3 Å². The van der Waals surface area contributed by atoms with Crippen LogP contribution in [0.2, 0.25) is 0 Å². The standard InChI is InChI=1S/C19H16F3NO5/c1-11(24)28-16-7-6-14(10-15(16)18(26)27-2)23-17(25)9-12-4-3-5-13(8-12)19(20,21)22/h3-8,10H,9H2,1-2H3,(H,23,25). The van der Waals surface area contributed by atoms with E-state index in [0.29, 0.717) is 0 Å². The number of nitrogens with one attached hydrogen (secondary N) is 1. The molecule has 0 unspecified atom stereocenters. The normalized spacial score (nSPS) is 10.9. The van der Waals surface area contributed by atoms with Gasteiger partial charge in [-0.25, -0.2) is 4.79 Å². The highest BCUT2D eigenvalue weighted by Crippen LogP contribution is 2.30. The van der Waals surface area contributed by atoms with Gasteiger partial charge in [-0.1, -0.05) is 18.2 Å². The Bertz CT molecular complexity index is 909. The van der Waals surface area contributed by atoms with Gasteiger partial charge in [0.25, 0.3) is 0 Å². The predicted molar refractivity (Wildman–Crippen MR) is 92.9 cm³/mol. The molecule has 28 heavy (non-hydrogen) atoms. The Morgan fingerprint density at radius 2 is 1.79 bits per heavy atom. The fourth-order valence-electron chi connectivity index (χ4n) is 2.37. The summed E-state index contributed by atoms with van der Waals surface area (Å²) in [6.07, 6.45) is -4.81. The van der Waals surface area contributed by atoms with Gasteiger partial charge in [-0.15, -0.1) is 0 Å². The summed E-state index contributed by atoms with van der Waals surface area (Å²) in [7, 11) is 1.14. The smallest absolute Gasteiger partial charge is 0.416 e. The molecule has 0 saturated carbocycles. The van der Waals surface area contributed by atoms with Crippen molar-refractivity contribution in [2.24, 2.45) is 0 Å². The highest BCUT2D eigenvalue weighted by Gasteiger charge is 2.30. The van der Waals surface area contributed by atoms with E-state index in [4.69, 9.17) is 4.74 Å². The van der Waals surface area contributed by atoms with Crippen LogP contribution in [0, 0.1) is 0 Å². The van der Waals surface area contributed by atoms with Crippen molar-refractivity contribution in [1.29, 1.82) is 0 Å². The zero-order chi connectivity index (χ0) is 20.9.